The fourth-order valence-electron chi connectivity index (χ4n) is 4.10. The van der Waals surface area contributed by atoms with E-state index in [4.69, 9.17) is 4.42 Å². The van der Waals surface area contributed by atoms with Crippen LogP contribution >= 0.6 is 11.8 Å². The van der Waals surface area contributed by atoms with Crippen LogP contribution in [0.15, 0.2) is 69.2 Å². The molecule has 1 aromatic heterocycles. The Morgan fingerprint density at radius 3 is 2.20 bits per heavy atom. The zero-order valence-corrected chi connectivity index (χ0v) is 25.2. The number of unbranched alkanes of at least 4 members (excludes halogenated alkanes) is 2. The van der Waals surface area contributed by atoms with Gasteiger partial charge >= 0.3 is 36.4 Å². The topological polar surface area (TPSA) is 84.2 Å². The van der Waals surface area contributed by atoms with Gasteiger partial charge < -0.3 is 9.15 Å². The molecular weight excluding hydrogens is 656 g/mol. The lowest BCUT2D eigenvalue weighted by atomic mass is 9.97. The molecule has 1 heterocycles. The van der Waals surface area contributed by atoms with Crippen molar-refractivity contribution in [2.75, 3.05) is 12.4 Å². The van der Waals surface area contributed by atoms with Crippen molar-refractivity contribution in [1.82, 2.24) is 0 Å². The van der Waals surface area contributed by atoms with E-state index in [9.17, 15) is 44.7 Å². The quantitative estimate of drug-likeness (QED) is 0.0266. The van der Waals surface area contributed by atoms with Crippen LogP contribution in [0.25, 0.3) is 22.1 Å². The number of aryl methyl sites for hydroxylation is 2. The maximum atomic E-state index is 14.2. The molecule has 252 valence electrons. The molecule has 2 aromatic carbocycles. The summed E-state index contributed by atoms with van der Waals surface area (Å²) in [5.74, 6) is -3.07. The predicted molar refractivity (Wildman–Crippen MR) is 151 cm³/mol. The molecule has 7 nitrogen and oxygen atoms in total. The van der Waals surface area contributed by atoms with Crippen molar-refractivity contribution < 1.29 is 63.3 Å². The third kappa shape index (κ3) is 11.1. The molecule has 0 saturated heterocycles. The van der Waals surface area contributed by atoms with Gasteiger partial charge in [0, 0.05) is 16.4 Å². The molecule has 0 saturated carbocycles. The fourth-order valence-corrected chi connectivity index (χ4v) is 4.85. The Kier molecular flexibility index (Phi) is 12.0. The minimum atomic E-state index is -5.87. The number of rotatable bonds is 17. The van der Waals surface area contributed by atoms with Crippen molar-refractivity contribution in [3.63, 3.8) is 0 Å². The number of hydrogen-bond donors (Lipinski definition) is 0. The number of thioether (sulfide) groups is 1. The smallest absolute Gasteiger partial charge is 0.453 e. The van der Waals surface area contributed by atoms with Crippen LogP contribution in [0.4, 0.5) is 35.1 Å². The Bertz CT molecular complexity index is 1590. The summed E-state index contributed by atoms with van der Waals surface area (Å²) in [6, 6.07) is 11.2. The number of esters is 1. The predicted octanol–water partition coefficient (Wildman–Crippen LogP) is 8.66. The maximum absolute atomic E-state index is 14.2. The van der Waals surface area contributed by atoms with E-state index in [1.165, 1.54) is 18.2 Å². The Balaban J connectivity index is 1.66. The van der Waals surface area contributed by atoms with Crippen molar-refractivity contribution in [2.24, 2.45) is 0 Å². The summed E-state index contributed by atoms with van der Waals surface area (Å²) >= 11 is 0.220. The third-order valence-electron chi connectivity index (χ3n) is 6.09. The molecule has 0 spiro atoms. The van der Waals surface area contributed by atoms with Crippen LogP contribution < -0.4 is 5.63 Å². The first-order chi connectivity index (χ1) is 21.3. The van der Waals surface area contributed by atoms with Crippen LogP contribution in [-0.4, -0.2) is 43.1 Å². The monoisotopic (exact) mass is 684 g/mol. The molecule has 0 aliphatic carbocycles. The van der Waals surface area contributed by atoms with Gasteiger partial charge in [0.05, 0.1) is 11.3 Å². The summed E-state index contributed by atoms with van der Waals surface area (Å²) < 4.78 is 127. The summed E-state index contributed by atoms with van der Waals surface area (Å²) in [6.07, 6.45) is -17.1. The highest BCUT2D eigenvalue weighted by atomic mass is 32.2. The molecule has 0 atom stereocenters. The first-order valence-corrected chi connectivity index (χ1v) is 14.5. The van der Waals surface area contributed by atoms with Crippen molar-refractivity contribution in [2.45, 2.75) is 69.2 Å². The highest BCUT2D eigenvalue weighted by Gasteiger charge is 2.56. The molecule has 0 aliphatic rings. The van der Waals surface area contributed by atoms with Crippen molar-refractivity contribution in [1.29, 1.82) is 0 Å². The van der Waals surface area contributed by atoms with Gasteiger partial charge in [-0.3, -0.25) is 0 Å². The lowest BCUT2D eigenvalue weighted by Gasteiger charge is -2.27. The van der Waals surface area contributed by atoms with Gasteiger partial charge in [-0.15, -0.1) is 29.3 Å². The van der Waals surface area contributed by atoms with E-state index in [1.54, 1.807) is 6.07 Å². The number of carbonyl (C=O) groups excluding carboxylic acids is 1. The van der Waals surface area contributed by atoms with E-state index in [0.29, 0.717) is 17.0 Å². The van der Waals surface area contributed by atoms with Gasteiger partial charge in [0.15, 0.2) is 6.61 Å². The summed E-state index contributed by atoms with van der Waals surface area (Å²) in [5.41, 5.74) is 2.16. The van der Waals surface area contributed by atoms with Gasteiger partial charge in [0.25, 0.3) is 0 Å². The van der Waals surface area contributed by atoms with Gasteiger partial charge in [-0.25, -0.2) is 23.8 Å². The molecule has 0 fully saturated rings. The zero-order valence-electron chi connectivity index (χ0n) is 24.4. The highest BCUT2D eigenvalue weighted by Crippen LogP contribution is 2.39. The molecule has 0 unspecified atom stereocenters. The van der Waals surface area contributed by atoms with Gasteiger partial charge in [0.2, 0.25) is 0 Å². The van der Waals surface area contributed by atoms with Gasteiger partial charge in [0.1, 0.15) is 5.58 Å². The summed E-state index contributed by atoms with van der Waals surface area (Å²) in [5, 5.41) is 0.423. The minimum absolute atomic E-state index is 0.00843. The van der Waals surface area contributed by atoms with E-state index in [0.717, 1.165) is 36.8 Å². The molecule has 0 bridgehead atoms. The van der Waals surface area contributed by atoms with Crippen molar-refractivity contribution in [3.05, 3.63) is 76.7 Å². The van der Waals surface area contributed by atoms with Crippen LogP contribution in [0, 0.1) is 6.92 Å². The number of halogens is 8. The summed E-state index contributed by atoms with van der Waals surface area (Å²) in [6.45, 7) is 4.66. The first-order valence-electron chi connectivity index (χ1n) is 13.6. The van der Waals surface area contributed by atoms with Crippen LogP contribution in [0.5, 0.6) is 0 Å². The average molecular weight is 685 g/mol. The van der Waals surface area contributed by atoms with E-state index >= 15 is 0 Å². The second-order valence-corrected chi connectivity index (χ2v) is 10.9. The summed E-state index contributed by atoms with van der Waals surface area (Å²) in [4.78, 5) is 23.6. The van der Waals surface area contributed by atoms with E-state index in [2.05, 4.69) is 32.5 Å². The number of ether oxygens (including phenoxy) is 4. The van der Waals surface area contributed by atoms with Crippen LogP contribution in [0.1, 0.15) is 37.3 Å². The molecule has 3 rings (SSSR count). The first kappa shape index (κ1) is 37.0. The number of benzene rings is 2. The van der Waals surface area contributed by atoms with Gasteiger partial charge in [-0.05, 0) is 54.7 Å². The molecular formula is C30H28F8O7S. The van der Waals surface area contributed by atoms with Crippen LogP contribution in [0.2, 0.25) is 0 Å². The normalized spacial score (nSPS) is 12.8. The van der Waals surface area contributed by atoms with Crippen LogP contribution in [0.3, 0.4) is 0 Å². The van der Waals surface area contributed by atoms with Crippen LogP contribution in [-0.2, 0) is 30.2 Å². The van der Waals surface area contributed by atoms with Gasteiger partial charge in [-0.2, -0.15) is 17.6 Å². The molecule has 0 amide bonds. The minimum Gasteiger partial charge on any atom is -0.453 e. The largest absolute Gasteiger partial charge is 0.496 e. The second-order valence-electron chi connectivity index (χ2n) is 9.86. The molecule has 0 N–H and O–H groups in total. The number of alkyl halides is 8. The second kappa shape index (κ2) is 15.0. The fraction of sp³-hybridized carbons (Fsp3) is 0.400. The lowest BCUT2D eigenvalue weighted by molar-refractivity contribution is -0.572. The Morgan fingerprint density at radius 1 is 0.891 bits per heavy atom. The zero-order chi connectivity index (χ0) is 34.3. The Labute approximate surface area is 261 Å². The Hall–Kier alpha value is -3.47. The molecule has 46 heavy (non-hydrogen) atoms. The van der Waals surface area contributed by atoms with Gasteiger partial charge in [-0.1, -0.05) is 50.6 Å². The standard InChI is InChI=1S/C30H28F8O7S/c1-4-6-7-8-19-9-12-22(18(3)13-19)23-14-20-10-11-21(15-24(20)42-26(23)40)46-17-28(33,34)44-30(37,38)45-29(35,36)43-27(31,32)16-41-25(39)5-2/h5,9-15H,2,4,6-8,16-17H2,1,3H3. The number of hydrogen-bond acceptors (Lipinski definition) is 8. The average Bonchev–Trinajstić information content (AvgIpc) is 2.93. The molecule has 0 aliphatic heterocycles. The molecule has 3 aromatic rings. The van der Waals surface area contributed by atoms with Crippen molar-refractivity contribution >= 4 is 28.7 Å². The Morgan fingerprint density at radius 2 is 1.57 bits per heavy atom. The SMILES string of the molecule is C=CC(=O)OCC(F)(F)OC(F)(F)OC(F)(F)OC(F)(F)CSc1ccc2cc(-c3ccc(CCCCC)cc3C)c(=O)oc2c1. The molecule has 16 heteroatoms. The third-order valence-corrected chi connectivity index (χ3v) is 7.16. The van der Waals surface area contributed by atoms with Crippen molar-refractivity contribution in [3.8, 4) is 11.1 Å². The van der Waals surface area contributed by atoms with E-state index in [-0.39, 0.29) is 27.8 Å². The van der Waals surface area contributed by atoms with E-state index in [1.807, 2.05) is 25.1 Å². The van der Waals surface area contributed by atoms with E-state index < -0.39 is 48.8 Å². The highest BCUT2D eigenvalue weighted by molar-refractivity contribution is 7.99. The maximum Gasteiger partial charge on any atom is 0.496 e. The number of fused-ring (bicyclic) bond motifs is 1. The number of carbonyl (C=O) groups is 1. The lowest BCUT2D eigenvalue weighted by Crippen LogP contribution is -2.46. The molecule has 0 radical (unpaired) electrons. The summed E-state index contributed by atoms with van der Waals surface area (Å²) in [7, 11) is 0.